The van der Waals surface area contributed by atoms with E-state index in [1.54, 1.807) is 24.3 Å². The molecule has 0 radical (unpaired) electrons. The molecule has 122 valence electrons. The fourth-order valence-electron chi connectivity index (χ4n) is 4.96. The smallest absolute Gasteiger partial charge is 0.270 e. The number of imide groups is 1. The maximum absolute atomic E-state index is 12.8. The lowest BCUT2D eigenvalue weighted by Crippen LogP contribution is -2.47. The van der Waals surface area contributed by atoms with Gasteiger partial charge in [-0.1, -0.05) is 28.1 Å². The van der Waals surface area contributed by atoms with Gasteiger partial charge in [0.1, 0.15) is 0 Å². The first-order valence-electron chi connectivity index (χ1n) is 8.16. The van der Waals surface area contributed by atoms with E-state index >= 15 is 0 Å². The molecule has 3 aliphatic carbocycles. The lowest BCUT2D eigenvalue weighted by atomic mass is 9.85. The van der Waals surface area contributed by atoms with Crippen LogP contribution in [0, 0.1) is 29.1 Å². The molecule has 1 aromatic carbocycles. The molecule has 5 nitrogen and oxygen atoms in total. The van der Waals surface area contributed by atoms with Crippen LogP contribution in [0.4, 0.5) is 0 Å². The minimum Gasteiger partial charge on any atom is -0.272 e. The van der Waals surface area contributed by atoms with Gasteiger partial charge in [0.05, 0.1) is 11.8 Å². The third-order valence-corrected chi connectivity index (χ3v) is 6.70. The van der Waals surface area contributed by atoms with E-state index in [1.807, 2.05) is 0 Å². The predicted octanol–water partition coefficient (Wildman–Crippen LogP) is 2.29. The van der Waals surface area contributed by atoms with Crippen LogP contribution in [0.25, 0.3) is 0 Å². The normalized spacial score (nSPS) is 34.1. The van der Waals surface area contributed by atoms with Gasteiger partial charge in [-0.05, 0) is 54.4 Å². The van der Waals surface area contributed by atoms with Crippen LogP contribution in [0.5, 0.6) is 0 Å². The second-order valence-electron chi connectivity index (χ2n) is 7.18. The van der Waals surface area contributed by atoms with E-state index in [0.717, 1.165) is 22.3 Å². The highest BCUT2D eigenvalue weighted by molar-refractivity contribution is 9.10. The molecule has 1 saturated heterocycles. The van der Waals surface area contributed by atoms with E-state index in [9.17, 15) is 14.4 Å². The molecule has 3 fully saturated rings. The number of allylic oxidation sites excluding steroid dienone is 2. The Kier molecular flexibility index (Phi) is 2.74. The molecule has 0 aromatic heterocycles. The van der Waals surface area contributed by atoms with E-state index < -0.39 is 5.91 Å². The van der Waals surface area contributed by atoms with Gasteiger partial charge < -0.3 is 0 Å². The average Bonchev–Trinajstić information content (AvgIpc) is 3.18. The molecule has 6 heteroatoms. The Bertz CT molecular complexity index is 778. The van der Waals surface area contributed by atoms with Crippen LogP contribution < -0.4 is 5.43 Å². The molecule has 4 aliphatic rings. The fraction of sp³-hybridized carbons (Fsp3) is 0.389. The molecule has 3 amide bonds. The third-order valence-electron chi connectivity index (χ3n) is 6.17. The summed E-state index contributed by atoms with van der Waals surface area (Å²) in [5.41, 5.74) is 3.09. The van der Waals surface area contributed by atoms with Gasteiger partial charge in [0, 0.05) is 10.0 Å². The number of carbonyl (C=O) groups excluding carboxylic acids is 3. The van der Waals surface area contributed by atoms with Crippen molar-refractivity contribution in [2.75, 3.05) is 0 Å². The Morgan fingerprint density at radius 3 is 2.08 bits per heavy atom. The van der Waals surface area contributed by atoms with Crippen molar-refractivity contribution in [2.24, 2.45) is 29.1 Å². The van der Waals surface area contributed by atoms with Gasteiger partial charge in [0.15, 0.2) is 0 Å². The fourth-order valence-corrected chi connectivity index (χ4v) is 5.22. The van der Waals surface area contributed by atoms with E-state index in [-0.39, 0.29) is 40.9 Å². The summed E-state index contributed by atoms with van der Waals surface area (Å²) in [7, 11) is 0. The van der Waals surface area contributed by atoms with Crippen LogP contribution in [0.15, 0.2) is 40.9 Å². The number of hydrazine groups is 1. The van der Waals surface area contributed by atoms with Gasteiger partial charge in [0.2, 0.25) is 0 Å². The lowest BCUT2D eigenvalue weighted by molar-refractivity contribution is -0.144. The van der Waals surface area contributed by atoms with Crippen molar-refractivity contribution < 1.29 is 14.4 Å². The number of nitrogens with one attached hydrogen (secondary N) is 1. The summed E-state index contributed by atoms with van der Waals surface area (Å²) in [6, 6.07) is 6.79. The predicted molar refractivity (Wildman–Crippen MR) is 88.2 cm³/mol. The van der Waals surface area contributed by atoms with Crippen molar-refractivity contribution in [3.05, 3.63) is 46.5 Å². The zero-order valence-electron chi connectivity index (χ0n) is 12.7. The number of carbonyl (C=O) groups is 3. The minimum absolute atomic E-state index is 0.165. The molecule has 1 aliphatic heterocycles. The molecule has 5 rings (SSSR count). The topological polar surface area (TPSA) is 66.5 Å². The highest BCUT2D eigenvalue weighted by Gasteiger charge is 2.73. The Balaban J connectivity index is 1.39. The zero-order valence-corrected chi connectivity index (χ0v) is 14.3. The van der Waals surface area contributed by atoms with E-state index in [0.29, 0.717) is 5.56 Å². The zero-order chi connectivity index (χ0) is 16.6. The van der Waals surface area contributed by atoms with Gasteiger partial charge >= 0.3 is 0 Å². The van der Waals surface area contributed by atoms with E-state index in [2.05, 4.69) is 33.5 Å². The molecule has 1 heterocycles. The van der Waals surface area contributed by atoms with Crippen molar-refractivity contribution in [2.45, 2.75) is 12.8 Å². The van der Waals surface area contributed by atoms with Gasteiger partial charge in [-0.2, -0.15) is 5.01 Å². The number of fused-ring (bicyclic) bond motifs is 3. The van der Waals surface area contributed by atoms with Crippen LogP contribution in [-0.4, -0.2) is 22.7 Å². The highest BCUT2D eigenvalue weighted by Crippen LogP contribution is 2.73. The summed E-state index contributed by atoms with van der Waals surface area (Å²) < 4.78 is 0.860. The number of halogens is 1. The monoisotopic (exact) mass is 386 g/mol. The van der Waals surface area contributed by atoms with Gasteiger partial charge in [-0.25, -0.2) is 0 Å². The number of hydrogen-bond donors (Lipinski definition) is 1. The van der Waals surface area contributed by atoms with Gasteiger partial charge in [-0.15, -0.1) is 0 Å². The summed E-state index contributed by atoms with van der Waals surface area (Å²) >= 11 is 3.31. The van der Waals surface area contributed by atoms with Crippen LogP contribution >= 0.6 is 15.9 Å². The molecule has 4 atom stereocenters. The summed E-state index contributed by atoms with van der Waals surface area (Å²) in [5, 5.41) is 0.960. The molecular formula is C18H15BrN2O3. The lowest BCUT2D eigenvalue weighted by Gasteiger charge is -2.22. The maximum Gasteiger partial charge on any atom is 0.270 e. The molecule has 1 spiro atoms. The van der Waals surface area contributed by atoms with Crippen LogP contribution in [0.3, 0.4) is 0 Å². The first-order chi connectivity index (χ1) is 11.5. The minimum atomic E-state index is -0.439. The standard InChI is InChI=1S/C18H15BrN2O3/c19-10-3-1-9(2-4-10)15(22)20-21-16(23)13-11-5-6-12(14(13)17(21)24)18(11)7-8-18/h1-6,11-14H,7-8H2,(H,20,22)/t11-,12-,13-,14-/m1/s1. The number of benzene rings is 1. The Hall–Kier alpha value is -1.95. The van der Waals surface area contributed by atoms with Crippen molar-refractivity contribution in [1.29, 1.82) is 0 Å². The summed E-state index contributed by atoms with van der Waals surface area (Å²) in [4.78, 5) is 37.9. The van der Waals surface area contributed by atoms with Gasteiger partial charge in [0.25, 0.3) is 17.7 Å². The first-order valence-corrected chi connectivity index (χ1v) is 8.95. The maximum atomic E-state index is 12.8. The molecular weight excluding hydrogens is 372 g/mol. The second-order valence-corrected chi connectivity index (χ2v) is 8.10. The molecule has 24 heavy (non-hydrogen) atoms. The van der Waals surface area contributed by atoms with Crippen molar-refractivity contribution in [3.8, 4) is 0 Å². The second kappa shape index (κ2) is 4.57. The number of nitrogens with zero attached hydrogens (tertiary/aromatic N) is 1. The quantitative estimate of drug-likeness (QED) is 0.626. The van der Waals surface area contributed by atoms with E-state index in [1.165, 1.54) is 0 Å². The van der Waals surface area contributed by atoms with Crippen LogP contribution in [0.1, 0.15) is 23.2 Å². The molecule has 1 aromatic rings. The van der Waals surface area contributed by atoms with Crippen LogP contribution in [-0.2, 0) is 9.59 Å². The Morgan fingerprint density at radius 2 is 1.58 bits per heavy atom. The third kappa shape index (κ3) is 1.67. The number of amides is 3. The number of hydrogen-bond acceptors (Lipinski definition) is 3. The molecule has 1 N–H and O–H groups in total. The Labute approximate surface area is 147 Å². The van der Waals surface area contributed by atoms with Crippen molar-refractivity contribution in [3.63, 3.8) is 0 Å². The molecule has 2 bridgehead atoms. The molecule has 0 unspecified atom stereocenters. The van der Waals surface area contributed by atoms with Crippen molar-refractivity contribution >= 4 is 33.7 Å². The summed E-state index contributed by atoms with van der Waals surface area (Å²) in [5.74, 6) is -1.19. The SMILES string of the molecule is O=C(NN1C(=O)[C@H]2[C@H](C1=O)[C@H]1C=C[C@H]2C12CC2)c1ccc(Br)cc1. The van der Waals surface area contributed by atoms with Crippen LogP contribution in [0.2, 0.25) is 0 Å². The van der Waals surface area contributed by atoms with Gasteiger partial charge in [-0.3, -0.25) is 19.8 Å². The number of rotatable bonds is 2. The Morgan fingerprint density at radius 1 is 1.04 bits per heavy atom. The summed E-state index contributed by atoms with van der Waals surface area (Å²) in [6.45, 7) is 0. The van der Waals surface area contributed by atoms with Crippen molar-refractivity contribution in [1.82, 2.24) is 10.4 Å². The molecule has 2 saturated carbocycles. The van der Waals surface area contributed by atoms with E-state index in [4.69, 9.17) is 0 Å². The largest absolute Gasteiger partial charge is 0.272 e. The average molecular weight is 387 g/mol. The first kappa shape index (κ1) is 14.4. The highest BCUT2D eigenvalue weighted by atomic mass is 79.9. The summed E-state index contributed by atoms with van der Waals surface area (Å²) in [6.07, 6.45) is 6.44.